The number of nitrogens with zero attached hydrogens (tertiary/aromatic N) is 6. The number of aromatic nitrogens is 3. The molecule has 1 N–H and O–H groups in total. The maximum absolute atomic E-state index is 13.8. The van der Waals surface area contributed by atoms with Crippen LogP contribution in [-0.4, -0.2) is 56.8 Å². The Hall–Kier alpha value is -3.53. The molecule has 38 heavy (non-hydrogen) atoms. The molecule has 1 atom stereocenters. The number of amidine groups is 2. The van der Waals surface area contributed by atoms with Crippen LogP contribution >= 0.6 is 11.8 Å². The minimum absolute atomic E-state index is 0.119. The Labute approximate surface area is 228 Å². The molecule has 4 rings (SSSR count). The van der Waals surface area contributed by atoms with Crippen LogP contribution in [0.4, 0.5) is 0 Å². The second kappa shape index (κ2) is 11.9. The maximum atomic E-state index is 13.8. The number of carbonyl (C=O) groups is 1. The predicted molar refractivity (Wildman–Crippen MR) is 152 cm³/mol. The number of aliphatic imine (C=N–C) groups is 2. The summed E-state index contributed by atoms with van der Waals surface area (Å²) in [6, 6.07) is 3.82. The summed E-state index contributed by atoms with van der Waals surface area (Å²) >= 11 is 1.63. The van der Waals surface area contributed by atoms with E-state index < -0.39 is 0 Å². The molecule has 200 valence electrons. The van der Waals surface area contributed by atoms with Gasteiger partial charge in [-0.15, -0.1) is 11.8 Å². The van der Waals surface area contributed by atoms with Gasteiger partial charge in [0, 0.05) is 23.1 Å². The van der Waals surface area contributed by atoms with Crippen molar-refractivity contribution in [1.82, 2.24) is 25.2 Å². The van der Waals surface area contributed by atoms with Crippen molar-refractivity contribution in [2.45, 2.75) is 70.4 Å². The highest BCUT2D eigenvalue weighted by molar-refractivity contribution is 7.98. The summed E-state index contributed by atoms with van der Waals surface area (Å²) < 4.78 is 5.55. The van der Waals surface area contributed by atoms with Crippen molar-refractivity contribution in [1.29, 1.82) is 0 Å². The zero-order valence-corrected chi connectivity index (χ0v) is 23.7. The van der Waals surface area contributed by atoms with Crippen LogP contribution in [0.15, 0.2) is 57.4 Å². The van der Waals surface area contributed by atoms with E-state index in [0.717, 1.165) is 46.8 Å². The number of rotatable bonds is 9. The first-order chi connectivity index (χ1) is 18.3. The number of allylic oxidation sites excluding steroid dienone is 1. The fourth-order valence-electron chi connectivity index (χ4n) is 4.16. The number of hydrogen-bond donors (Lipinski definition) is 1. The third-order valence-electron chi connectivity index (χ3n) is 6.61. The summed E-state index contributed by atoms with van der Waals surface area (Å²) in [5.74, 6) is 1.30. The molecule has 2 fully saturated rings. The van der Waals surface area contributed by atoms with E-state index in [1.165, 1.54) is 6.33 Å². The lowest BCUT2D eigenvalue weighted by Gasteiger charge is -2.36. The molecule has 1 aliphatic carbocycles. The van der Waals surface area contributed by atoms with Gasteiger partial charge in [-0.25, -0.2) is 15.0 Å². The van der Waals surface area contributed by atoms with E-state index in [4.69, 9.17) is 9.73 Å². The number of nitrogens with one attached hydrogen (secondary N) is 1. The van der Waals surface area contributed by atoms with Crippen LogP contribution in [0.2, 0.25) is 0 Å². The number of methoxy groups -OCH3 is 1. The van der Waals surface area contributed by atoms with E-state index in [-0.39, 0.29) is 24.3 Å². The van der Waals surface area contributed by atoms with Gasteiger partial charge in [-0.2, -0.15) is 0 Å². The van der Waals surface area contributed by atoms with Gasteiger partial charge in [0.2, 0.25) is 5.88 Å². The van der Waals surface area contributed by atoms with Crippen molar-refractivity contribution in [2.24, 2.45) is 9.98 Å². The molecular weight excluding hydrogens is 498 g/mol. The molecule has 2 aliphatic rings. The van der Waals surface area contributed by atoms with Gasteiger partial charge in [0.05, 0.1) is 42.0 Å². The standard InChI is InChI=1S/C28H35N7O2S/c1-8-17(4)35-26(33-18(5)22-24(19-9-10-19)31-15-32-27(22)37-6)23(16(2)3)34-25(28(35)36)30-13-20-11-12-21(38-7)14-29-20/h11-12,14-15,17,19H,5,8-10,13H2,1-4,6-7H3,(H,30,34)/t17-/m1/s1. The monoisotopic (exact) mass is 533 g/mol. The van der Waals surface area contributed by atoms with Crippen molar-refractivity contribution >= 4 is 35.0 Å². The van der Waals surface area contributed by atoms with Crippen molar-refractivity contribution in [3.63, 3.8) is 0 Å². The number of piperazine rings is 1. The van der Waals surface area contributed by atoms with Gasteiger partial charge < -0.3 is 10.1 Å². The quantitative estimate of drug-likeness (QED) is 0.454. The Morgan fingerprint density at radius 2 is 2.05 bits per heavy atom. The van der Waals surface area contributed by atoms with Crippen LogP contribution in [0.25, 0.3) is 5.70 Å². The Kier molecular flexibility index (Phi) is 8.61. The Bertz CT molecular complexity index is 1310. The largest absolute Gasteiger partial charge is 0.480 e. The number of hydrogen-bond acceptors (Lipinski definition) is 8. The summed E-state index contributed by atoms with van der Waals surface area (Å²) in [6.45, 7) is 12.6. The van der Waals surface area contributed by atoms with Crippen LogP contribution in [0.3, 0.4) is 0 Å². The predicted octanol–water partition coefficient (Wildman–Crippen LogP) is 4.97. The molecule has 0 aromatic carbocycles. The first-order valence-corrected chi connectivity index (χ1v) is 14.0. The van der Waals surface area contributed by atoms with E-state index in [0.29, 0.717) is 28.9 Å². The highest BCUT2D eigenvalue weighted by Gasteiger charge is 2.37. The molecule has 10 heteroatoms. The molecular formula is C28H35N7O2S. The fraction of sp³-hybridized carbons (Fsp3) is 0.429. The Morgan fingerprint density at radius 3 is 2.63 bits per heavy atom. The summed E-state index contributed by atoms with van der Waals surface area (Å²) in [5.41, 5.74) is 4.51. The van der Waals surface area contributed by atoms with Crippen molar-refractivity contribution < 1.29 is 9.53 Å². The minimum Gasteiger partial charge on any atom is -0.480 e. The summed E-state index contributed by atoms with van der Waals surface area (Å²) in [5, 5.41) is 3.26. The third-order valence-corrected chi connectivity index (χ3v) is 7.32. The van der Waals surface area contributed by atoms with Crippen LogP contribution < -0.4 is 10.1 Å². The van der Waals surface area contributed by atoms with Crippen LogP contribution in [0, 0.1) is 0 Å². The van der Waals surface area contributed by atoms with Crippen molar-refractivity contribution in [2.75, 3.05) is 13.4 Å². The van der Waals surface area contributed by atoms with Gasteiger partial charge in [-0.05, 0) is 64.0 Å². The van der Waals surface area contributed by atoms with Gasteiger partial charge >= 0.3 is 0 Å². The van der Waals surface area contributed by atoms with E-state index in [2.05, 4.69) is 31.8 Å². The van der Waals surface area contributed by atoms with Gasteiger partial charge in [-0.3, -0.25) is 19.7 Å². The molecule has 1 amide bonds. The number of amides is 1. The average molecular weight is 534 g/mol. The second-order valence-corrected chi connectivity index (χ2v) is 10.5. The molecule has 3 heterocycles. The molecule has 2 aromatic heterocycles. The van der Waals surface area contributed by atoms with E-state index >= 15 is 0 Å². The zero-order chi connectivity index (χ0) is 27.4. The Morgan fingerprint density at radius 1 is 1.29 bits per heavy atom. The molecule has 0 radical (unpaired) electrons. The lowest BCUT2D eigenvalue weighted by Crippen LogP contribution is -2.57. The highest BCUT2D eigenvalue weighted by atomic mass is 32.2. The maximum Gasteiger partial charge on any atom is 0.295 e. The fourth-order valence-corrected chi connectivity index (χ4v) is 4.52. The highest BCUT2D eigenvalue weighted by Crippen LogP contribution is 2.44. The lowest BCUT2D eigenvalue weighted by atomic mass is 10.1. The first kappa shape index (κ1) is 27.5. The smallest absolute Gasteiger partial charge is 0.295 e. The van der Waals surface area contributed by atoms with Crippen molar-refractivity contribution in [3.05, 3.63) is 59.5 Å². The van der Waals surface area contributed by atoms with Gasteiger partial charge in [0.15, 0.2) is 11.7 Å². The van der Waals surface area contributed by atoms with Gasteiger partial charge in [0.1, 0.15) is 6.33 Å². The SMILES string of the molecule is C=C(N=C1C(=C(C)C)NC(=NCc2ccc(SC)cn2)C(=O)N1[C@H](C)CC)c1c(OC)ncnc1C1CC1. The molecule has 2 aromatic rings. The number of carbonyl (C=O) groups excluding carboxylic acids is 1. The first-order valence-electron chi connectivity index (χ1n) is 12.8. The number of thioether (sulfide) groups is 1. The van der Waals surface area contributed by atoms with Crippen LogP contribution in [0.1, 0.15) is 69.8 Å². The van der Waals surface area contributed by atoms with Crippen molar-refractivity contribution in [3.8, 4) is 5.88 Å². The molecule has 1 saturated heterocycles. The topological polar surface area (TPSA) is 105 Å². The molecule has 1 aliphatic heterocycles. The van der Waals surface area contributed by atoms with Gasteiger partial charge in [-0.1, -0.05) is 13.5 Å². The normalized spacial score (nSPS) is 18.5. The number of pyridine rings is 1. The molecule has 1 saturated carbocycles. The zero-order valence-electron chi connectivity index (χ0n) is 22.9. The van der Waals surface area contributed by atoms with E-state index in [9.17, 15) is 4.79 Å². The lowest BCUT2D eigenvalue weighted by molar-refractivity contribution is -0.122. The molecule has 0 spiro atoms. The van der Waals surface area contributed by atoms with Crippen LogP contribution in [-0.2, 0) is 11.3 Å². The summed E-state index contributed by atoms with van der Waals surface area (Å²) in [7, 11) is 1.58. The molecule has 0 unspecified atom stereocenters. The third kappa shape index (κ3) is 5.80. The number of ether oxygens (including phenoxy) is 1. The van der Waals surface area contributed by atoms with E-state index in [1.807, 2.05) is 52.3 Å². The van der Waals surface area contributed by atoms with E-state index in [1.54, 1.807) is 23.8 Å². The van der Waals surface area contributed by atoms with Crippen LogP contribution in [0.5, 0.6) is 5.88 Å². The molecule has 0 bridgehead atoms. The summed E-state index contributed by atoms with van der Waals surface area (Å²) in [4.78, 5) is 39.4. The van der Waals surface area contributed by atoms with Gasteiger partial charge in [0.25, 0.3) is 5.91 Å². The summed E-state index contributed by atoms with van der Waals surface area (Å²) in [6.07, 6.45) is 8.20. The minimum atomic E-state index is -0.240. The second-order valence-electron chi connectivity index (χ2n) is 9.59. The Balaban J connectivity index is 1.74. The average Bonchev–Trinajstić information content (AvgIpc) is 3.77. The molecule has 9 nitrogen and oxygen atoms in total.